The predicted octanol–water partition coefficient (Wildman–Crippen LogP) is 0.518. The topological polar surface area (TPSA) is 118 Å². The SMILES string of the molecule is C=CCON=C(C(=O)NC1C(=O)N2C(C(=O)O)=CCS[C@H]12)C1=CSCCO1. The molecule has 0 aliphatic carbocycles. The van der Waals surface area contributed by atoms with Gasteiger partial charge in [0.15, 0.2) is 5.76 Å². The van der Waals surface area contributed by atoms with Gasteiger partial charge < -0.3 is 20.0 Å². The van der Waals surface area contributed by atoms with Crippen LogP contribution in [0.5, 0.6) is 0 Å². The maximum atomic E-state index is 12.7. The van der Waals surface area contributed by atoms with Gasteiger partial charge in [-0.2, -0.15) is 0 Å². The van der Waals surface area contributed by atoms with E-state index >= 15 is 0 Å². The molecular weight excluding hydrogens is 394 g/mol. The van der Waals surface area contributed by atoms with Gasteiger partial charge in [0.05, 0.1) is 6.61 Å². The van der Waals surface area contributed by atoms with Gasteiger partial charge >= 0.3 is 5.97 Å². The van der Waals surface area contributed by atoms with Crippen LogP contribution in [-0.4, -0.2) is 69.6 Å². The van der Waals surface area contributed by atoms with Crippen LogP contribution in [0.15, 0.2) is 40.8 Å². The fourth-order valence-corrected chi connectivity index (χ4v) is 4.42. The van der Waals surface area contributed by atoms with E-state index in [1.807, 2.05) is 0 Å². The summed E-state index contributed by atoms with van der Waals surface area (Å²) in [6.07, 6.45) is 2.96. The second-order valence-corrected chi connectivity index (χ2v) is 7.63. The van der Waals surface area contributed by atoms with Gasteiger partial charge in [-0.3, -0.25) is 14.5 Å². The standard InChI is InChI=1S/C16H17N3O6S2/c1-2-4-25-18-11(10-8-26-7-5-24-10)13(20)17-12-14(21)19-9(16(22)23)3-6-27-15(12)19/h2-3,8,12,15H,1,4-7H2,(H,17,20)(H,22,23)/t12?,15-/m1/s1. The van der Waals surface area contributed by atoms with Gasteiger partial charge in [-0.05, 0) is 6.08 Å². The molecule has 1 saturated heterocycles. The molecule has 0 aromatic carbocycles. The minimum Gasteiger partial charge on any atom is -0.490 e. The largest absolute Gasteiger partial charge is 0.490 e. The first-order valence-corrected chi connectivity index (χ1v) is 10.1. The molecule has 1 fully saturated rings. The average Bonchev–Trinajstić information content (AvgIpc) is 2.69. The van der Waals surface area contributed by atoms with Crippen molar-refractivity contribution in [2.24, 2.45) is 5.16 Å². The van der Waals surface area contributed by atoms with E-state index in [0.717, 1.165) is 5.75 Å². The van der Waals surface area contributed by atoms with Crippen molar-refractivity contribution in [3.8, 4) is 0 Å². The zero-order valence-electron chi connectivity index (χ0n) is 14.1. The fourth-order valence-electron chi connectivity index (χ4n) is 2.59. The Bertz CT molecular complexity index is 763. The Morgan fingerprint density at radius 1 is 1.56 bits per heavy atom. The third-order valence-electron chi connectivity index (χ3n) is 3.80. The lowest BCUT2D eigenvalue weighted by Gasteiger charge is -2.48. The molecule has 2 atom stereocenters. The van der Waals surface area contributed by atoms with E-state index in [1.54, 1.807) is 5.41 Å². The number of ether oxygens (including phenoxy) is 1. The predicted molar refractivity (Wildman–Crippen MR) is 101 cm³/mol. The minimum absolute atomic E-state index is 0.0628. The highest BCUT2D eigenvalue weighted by Crippen LogP contribution is 2.37. The van der Waals surface area contributed by atoms with Crippen LogP contribution < -0.4 is 5.32 Å². The number of fused-ring (bicyclic) bond motifs is 1. The first-order chi connectivity index (χ1) is 13.0. The van der Waals surface area contributed by atoms with E-state index in [2.05, 4.69) is 17.1 Å². The van der Waals surface area contributed by atoms with Crippen LogP contribution in [0.2, 0.25) is 0 Å². The fraction of sp³-hybridized carbons (Fsp3) is 0.375. The number of amides is 2. The van der Waals surface area contributed by atoms with Gasteiger partial charge in [0.2, 0.25) is 5.71 Å². The lowest BCUT2D eigenvalue weighted by molar-refractivity contribution is -0.150. The van der Waals surface area contributed by atoms with Crippen molar-refractivity contribution < 1.29 is 29.1 Å². The third kappa shape index (κ3) is 3.98. The number of carboxylic acids is 1. The van der Waals surface area contributed by atoms with Gasteiger partial charge in [-0.15, -0.1) is 23.5 Å². The molecule has 3 rings (SSSR count). The second kappa shape index (κ2) is 8.53. The van der Waals surface area contributed by atoms with Gasteiger partial charge in [0.1, 0.15) is 23.7 Å². The Hall–Kier alpha value is -2.40. The zero-order chi connectivity index (χ0) is 19.4. The van der Waals surface area contributed by atoms with E-state index in [9.17, 15) is 19.5 Å². The van der Waals surface area contributed by atoms with Crippen LogP contribution in [0.3, 0.4) is 0 Å². The monoisotopic (exact) mass is 411 g/mol. The molecule has 11 heteroatoms. The summed E-state index contributed by atoms with van der Waals surface area (Å²) in [5, 5.41) is 16.8. The lowest BCUT2D eigenvalue weighted by atomic mass is 10.0. The molecule has 0 aromatic heterocycles. The molecule has 1 unspecified atom stereocenters. The van der Waals surface area contributed by atoms with E-state index in [0.29, 0.717) is 12.4 Å². The number of rotatable bonds is 7. The second-order valence-electron chi connectivity index (χ2n) is 5.50. The molecular formula is C16H17N3O6S2. The number of carbonyl (C=O) groups is 3. The Morgan fingerprint density at radius 2 is 2.37 bits per heavy atom. The molecule has 3 aliphatic rings. The van der Waals surface area contributed by atoms with Crippen LogP contribution in [0.25, 0.3) is 0 Å². The lowest BCUT2D eigenvalue weighted by Crippen LogP contribution is -2.70. The Morgan fingerprint density at radius 3 is 3.04 bits per heavy atom. The quantitative estimate of drug-likeness (QED) is 0.205. The highest BCUT2D eigenvalue weighted by atomic mass is 32.2. The molecule has 0 saturated carbocycles. The highest BCUT2D eigenvalue weighted by Gasteiger charge is 2.53. The number of thioether (sulfide) groups is 2. The molecule has 0 aromatic rings. The van der Waals surface area contributed by atoms with Crippen molar-refractivity contribution in [2.75, 3.05) is 24.7 Å². The van der Waals surface area contributed by atoms with Gasteiger partial charge in [0.25, 0.3) is 11.8 Å². The maximum Gasteiger partial charge on any atom is 0.352 e. The number of carboxylic acid groups (broad SMARTS) is 1. The van der Waals surface area contributed by atoms with Gasteiger partial charge in [0, 0.05) is 16.9 Å². The van der Waals surface area contributed by atoms with Crippen molar-refractivity contribution in [1.29, 1.82) is 0 Å². The van der Waals surface area contributed by atoms with E-state index in [4.69, 9.17) is 9.57 Å². The molecule has 0 bridgehead atoms. The number of hydrogen-bond acceptors (Lipinski definition) is 8. The van der Waals surface area contributed by atoms with Crippen LogP contribution >= 0.6 is 23.5 Å². The molecule has 3 aliphatic heterocycles. The van der Waals surface area contributed by atoms with Crippen molar-refractivity contribution in [3.63, 3.8) is 0 Å². The molecule has 0 spiro atoms. The average molecular weight is 411 g/mol. The summed E-state index contributed by atoms with van der Waals surface area (Å²) in [5.41, 5.74) is -0.141. The molecule has 144 valence electrons. The maximum absolute atomic E-state index is 12.7. The Kier molecular flexibility index (Phi) is 6.11. The van der Waals surface area contributed by atoms with Crippen molar-refractivity contribution in [3.05, 3.63) is 35.6 Å². The number of β-lactam (4-membered cyclic amide) rings is 1. The molecule has 9 nitrogen and oxygen atoms in total. The summed E-state index contributed by atoms with van der Waals surface area (Å²) in [6, 6.07) is -0.841. The molecule has 2 N–H and O–H groups in total. The van der Waals surface area contributed by atoms with Gasteiger partial charge in [-0.25, -0.2) is 4.79 Å². The molecule has 2 amide bonds. The smallest absolute Gasteiger partial charge is 0.352 e. The van der Waals surface area contributed by atoms with E-state index in [1.165, 1.54) is 40.6 Å². The third-order valence-corrected chi connectivity index (χ3v) is 5.76. The van der Waals surface area contributed by atoms with Crippen LogP contribution in [0, 0.1) is 0 Å². The summed E-state index contributed by atoms with van der Waals surface area (Å²) >= 11 is 2.85. The number of nitrogens with zero attached hydrogens (tertiary/aromatic N) is 2. The Balaban J connectivity index is 1.73. The summed E-state index contributed by atoms with van der Waals surface area (Å²) in [4.78, 5) is 42.5. The van der Waals surface area contributed by atoms with Crippen LogP contribution in [0.4, 0.5) is 0 Å². The number of hydrogen-bond donors (Lipinski definition) is 2. The first-order valence-electron chi connectivity index (χ1n) is 7.99. The van der Waals surface area contributed by atoms with Gasteiger partial charge in [-0.1, -0.05) is 17.8 Å². The van der Waals surface area contributed by atoms with E-state index in [-0.39, 0.29) is 23.8 Å². The number of aliphatic carboxylic acids is 1. The minimum atomic E-state index is -1.17. The number of oxime groups is 1. The van der Waals surface area contributed by atoms with Crippen LogP contribution in [0.1, 0.15) is 0 Å². The van der Waals surface area contributed by atoms with Crippen molar-refractivity contribution in [2.45, 2.75) is 11.4 Å². The normalized spacial score (nSPS) is 24.5. The van der Waals surface area contributed by atoms with Crippen LogP contribution in [-0.2, 0) is 24.0 Å². The molecule has 0 radical (unpaired) electrons. The van der Waals surface area contributed by atoms with E-state index < -0.39 is 29.2 Å². The van der Waals surface area contributed by atoms with Crippen molar-refractivity contribution >= 4 is 47.0 Å². The zero-order valence-corrected chi connectivity index (χ0v) is 15.8. The number of carbonyl (C=O) groups excluding carboxylic acids is 2. The summed E-state index contributed by atoms with van der Waals surface area (Å²) < 4.78 is 5.46. The summed E-state index contributed by atoms with van der Waals surface area (Å²) in [6.45, 7) is 4.04. The summed E-state index contributed by atoms with van der Waals surface area (Å²) in [5.74, 6) is -0.816. The molecule has 3 heterocycles. The molecule has 27 heavy (non-hydrogen) atoms. The number of nitrogens with one attached hydrogen (secondary N) is 1. The highest BCUT2D eigenvalue weighted by molar-refractivity contribution is 8.02. The summed E-state index contributed by atoms with van der Waals surface area (Å²) in [7, 11) is 0. The Labute approximate surface area is 163 Å². The first kappa shape index (κ1) is 19.4. The van der Waals surface area contributed by atoms with Crippen molar-refractivity contribution in [1.82, 2.24) is 10.2 Å².